The van der Waals surface area contributed by atoms with Gasteiger partial charge in [-0.05, 0) is 39.7 Å². The van der Waals surface area contributed by atoms with E-state index >= 15 is 0 Å². The highest BCUT2D eigenvalue weighted by molar-refractivity contribution is 5.30. The summed E-state index contributed by atoms with van der Waals surface area (Å²) in [6.07, 6.45) is 1.05. The van der Waals surface area contributed by atoms with Gasteiger partial charge in [0.1, 0.15) is 0 Å². The highest BCUT2D eigenvalue weighted by atomic mass is 16.5. The van der Waals surface area contributed by atoms with Gasteiger partial charge in [0.15, 0.2) is 0 Å². The van der Waals surface area contributed by atoms with E-state index in [0.717, 1.165) is 13.0 Å². The zero-order valence-corrected chi connectivity index (χ0v) is 11.7. The van der Waals surface area contributed by atoms with Gasteiger partial charge >= 0.3 is 0 Å². The molecule has 0 spiro atoms. The van der Waals surface area contributed by atoms with Crippen LogP contribution in [0.3, 0.4) is 0 Å². The largest absolute Gasteiger partial charge is 0.385 e. The van der Waals surface area contributed by atoms with Gasteiger partial charge in [-0.1, -0.05) is 29.3 Å². The Labute approximate surface area is 105 Å². The van der Waals surface area contributed by atoms with Crippen LogP contribution < -0.4 is 5.32 Å². The van der Waals surface area contributed by atoms with E-state index in [4.69, 9.17) is 4.74 Å². The second-order valence-electron chi connectivity index (χ2n) is 4.99. The van der Waals surface area contributed by atoms with Gasteiger partial charge < -0.3 is 10.1 Å². The molecular weight excluding hydrogens is 210 g/mol. The second-order valence-corrected chi connectivity index (χ2v) is 4.99. The Bertz CT molecular complexity index is 329. The van der Waals surface area contributed by atoms with E-state index in [1.165, 1.54) is 16.7 Å². The van der Waals surface area contributed by atoms with Crippen LogP contribution in [0.1, 0.15) is 43.0 Å². The maximum atomic E-state index is 5.10. The number of methoxy groups -OCH3 is 1. The Balaban J connectivity index is 2.59. The standard InChI is InChI=1S/C15H25NO/c1-11-8-12(2)10-15(9-11)14(4)16-13(3)6-7-17-5/h8-10,13-14,16H,6-7H2,1-5H3. The number of ether oxygens (including phenoxy) is 1. The van der Waals surface area contributed by atoms with E-state index in [0.29, 0.717) is 12.1 Å². The van der Waals surface area contributed by atoms with Gasteiger partial charge in [-0.25, -0.2) is 0 Å². The SMILES string of the molecule is COCCC(C)NC(C)c1cc(C)cc(C)c1. The molecule has 2 nitrogen and oxygen atoms in total. The monoisotopic (exact) mass is 235 g/mol. The lowest BCUT2D eigenvalue weighted by Gasteiger charge is -2.21. The fraction of sp³-hybridized carbons (Fsp3) is 0.600. The second kappa shape index (κ2) is 6.77. The molecule has 17 heavy (non-hydrogen) atoms. The highest BCUT2D eigenvalue weighted by Gasteiger charge is 2.09. The molecule has 2 atom stereocenters. The van der Waals surface area contributed by atoms with Crippen molar-refractivity contribution in [2.45, 2.75) is 46.2 Å². The van der Waals surface area contributed by atoms with E-state index < -0.39 is 0 Å². The van der Waals surface area contributed by atoms with E-state index in [2.05, 4.69) is 51.2 Å². The first-order chi connectivity index (χ1) is 8.02. The molecule has 2 heteroatoms. The molecule has 0 saturated carbocycles. The van der Waals surface area contributed by atoms with Gasteiger partial charge in [0.05, 0.1) is 0 Å². The first kappa shape index (κ1) is 14.2. The van der Waals surface area contributed by atoms with Gasteiger partial charge in [-0.3, -0.25) is 0 Å². The molecular formula is C15H25NO. The number of hydrogen-bond acceptors (Lipinski definition) is 2. The topological polar surface area (TPSA) is 21.3 Å². The Morgan fingerprint density at radius 3 is 2.24 bits per heavy atom. The molecule has 1 rings (SSSR count). The summed E-state index contributed by atoms with van der Waals surface area (Å²) >= 11 is 0. The molecule has 0 aliphatic heterocycles. The third-order valence-corrected chi connectivity index (χ3v) is 3.03. The summed E-state index contributed by atoms with van der Waals surface area (Å²) < 4.78 is 5.10. The van der Waals surface area contributed by atoms with Crippen LogP contribution >= 0.6 is 0 Å². The molecule has 96 valence electrons. The Morgan fingerprint density at radius 2 is 1.71 bits per heavy atom. The van der Waals surface area contributed by atoms with Crippen molar-refractivity contribution in [2.24, 2.45) is 0 Å². The van der Waals surface area contributed by atoms with Gasteiger partial charge in [0.25, 0.3) is 0 Å². The summed E-state index contributed by atoms with van der Waals surface area (Å²) in [7, 11) is 1.75. The lowest BCUT2D eigenvalue weighted by Crippen LogP contribution is -2.30. The van der Waals surface area contributed by atoms with Gasteiger partial charge in [-0.15, -0.1) is 0 Å². The molecule has 0 amide bonds. The van der Waals surface area contributed by atoms with E-state index in [-0.39, 0.29) is 0 Å². The Hall–Kier alpha value is -0.860. The quantitative estimate of drug-likeness (QED) is 0.816. The van der Waals surface area contributed by atoms with Crippen LogP contribution in [0.5, 0.6) is 0 Å². The first-order valence-corrected chi connectivity index (χ1v) is 6.36. The fourth-order valence-corrected chi connectivity index (χ4v) is 2.16. The number of rotatable bonds is 6. The van der Waals surface area contributed by atoms with Crippen LogP contribution in [-0.2, 0) is 4.74 Å². The molecule has 0 saturated heterocycles. The van der Waals surface area contributed by atoms with Crippen LogP contribution in [0, 0.1) is 13.8 Å². The van der Waals surface area contributed by atoms with Crippen LogP contribution in [0.25, 0.3) is 0 Å². The number of nitrogens with one attached hydrogen (secondary N) is 1. The third kappa shape index (κ3) is 4.88. The van der Waals surface area contributed by atoms with Crippen molar-refractivity contribution < 1.29 is 4.74 Å². The zero-order valence-electron chi connectivity index (χ0n) is 11.7. The lowest BCUT2D eigenvalue weighted by atomic mass is 10.0. The molecule has 1 aromatic rings. The summed E-state index contributed by atoms with van der Waals surface area (Å²) in [6, 6.07) is 7.60. The normalized spacial score (nSPS) is 14.6. The van der Waals surface area contributed by atoms with Crippen molar-refractivity contribution in [3.05, 3.63) is 34.9 Å². The minimum Gasteiger partial charge on any atom is -0.385 e. The van der Waals surface area contributed by atoms with E-state index in [1.54, 1.807) is 7.11 Å². The van der Waals surface area contributed by atoms with Crippen LogP contribution in [-0.4, -0.2) is 19.8 Å². The van der Waals surface area contributed by atoms with Crippen molar-refractivity contribution in [1.29, 1.82) is 0 Å². The molecule has 0 aliphatic carbocycles. The average Bonchev–Trinajstić information content (AvgIpc) is 2.25. The number of aryl methyl sites for hydroxylation is 2. The van der Waals surface area contributed by atoms with Crippen LogP contribution in [0.15, 0.2) is 18.2 Å². The third-order valence-electron chi connectivity index (χ3n) is 3.03. The van der Waals surface area contributed by atoms with Crippen molar-refractivity contribution >= 4 is 0 Å². The van der Waals surface area contributed by atoms with E-state index in [9.17, 15) is 0 Å². The minimum atomic E-state index is 0.389. The first-order valence-electron chi connectivity index (χ1n) is 6.36. The van der Waals surface area contributed by atoms with Crippen molar-refractivity contribution in [3.8, 4) is 0 Å². The fourth-order valence-electron chi connectivity index (χ4n) is 2.16. The van der Waals surface area contributed by atoms with Crippen LogP contribution in [0.4, 0.5) is 0 Å². The molecule has 0 heterocycles. The van der Waals surface area contributed by atoms with Crippen molar-refractivity contribution in [3.63, 3.8) is 0 Å². The average molecular weight is 235 g/mol. The minimum absolute atomic E-state index is 0.389. The van der Waals surface area contributed by atoms with Crippen molar-refractivity contribution in [1.82, 2.24) is 5.32 Å². The number of hydrogen-bond donors (Lipinski definition) is 1. The Morgan fingerprint density at radius 1 is 1.12 bits per heavy atom. The summed E-state index contributed by atoms with van der Waals surface area (Å²) in [5, 5.41) is 3.61. The summed E-state index contributed by atoms with van der Waals surface area (Å²) in [4.78, 5) is 0. The highest BCUT2D eigenvalue weighted by Crippen LogP contribution is 2.17. The molecule has 1 N–H and O–H groups in total. The predicted molar refractivity (Wildman–Crippen MR) is 73.4 cm³/mol. The Kier molecular flexibility index (Phi) is 5.66. The molecule has 0 radical (unpaired) electrons. The predicted octanol–water partition coefficient (Wildman–Crippen LogP) is 3.38. The maximum Gasteiger partial charge on any atom is 0.0476 e. The van der Waals surface area contributed by atoms with Gasteiger partial charge in [-0.2, -0.15) is 0 Å². The summed E-state index contributed by atoms with van der Waals surface area (Å²) in [5.41, 5.74) is 4.03. The molecule has 0 fully saturated rings. The van der Waals surface area contributed by atoms with Crippen molar-refractivity contribution in [2.75, 3.05) is 13.7 Å². The molecule has 0 aromatic heterocycles. The lowest BCUT2D eigenvalue weighted by molar-refractivity contribution is 0.183. The van der Waals surface area contributed by atoms with Gasteiger partial charge in [0, 0.05) is 25.8 Å². The molecule has 0 aliphatic rings. The molecule has 2 unspecified atom stereocenters. The van der Waals surface area contributed by atoms with Gasteiger partial charge in [0.2, 0.25) is 0 Å². The number of benzene rings is 1. The maximum absolute atomic E-state index is 5.10. The molecule has 0 bridgehead atoms. The van der Waals surface area contributed by atoms with E-state index in [1.807, 2.05) is 0 Å². The zero-order chi connectivity index (χ0) is 12.8. The smallest absolute Gasteiger partial charge is 0.0476 e. The van der Waals surface area contributed by atoms with Crippen LogP contribution in [0.2, 0.25) is 0 Å². The summed E-state index contributed by atoms with van der Waals surface area (Å²) in [6.45, 7) is 9.54. The molecule has 1 aromatic carbocycles. The summed E-state index contributed by atoms with van der Waals surface area (Å²) in [5.74, 6) is 0.